The van der Waals surface area contributed by atoms with Gasteiger partial charge in [-0.2, -0.15) is 0 Å². The van der Waals surface area contributed by atoms with E-state index in [9.17, 15) is 4.79 Å². The highest BCUT2D eigenvalue weighted by molar-refractivity contribution is 5.68. The molecule has 0 saturated carbocycles. The second-order valence-corrected chi connectivity index (χ2v) is 6.41. The first kappa shape index (κ1) is 18.4. The Morgan fingerprint density at radius 1 is 1.04 bits per heavy atom. The van der Waals surface area contributed by atoms with Crippen LogP contribution in [0.1, 0.15) is 23.6 Å². The number of nitrogens with zero attached hydrogens (tertiary/aromatic N) is 1. The Morgan fingerprint density at radius 3 is 2.38 bits per heavy atom. The first-order chi connectivity index (χ1) is 12.8. The zero-order valence-corrected chi connectivity index (χ0v) is 15.0. The maximum Gasteiger partial charge on any atom is 0.407 e. The molecule has 1 N–H and O–H groups in total. The van der Waals surface area contributed by atoms with Crippen LogP contribution in [0.25, 0.3) is 0 Å². The molecular formula is C21H26N2O3. The lowest BCUT2D eigenvalue weighted by Gasteiger charge is -2.28. The van der Waals surface area contributed by atoms with E-state index in [0.29, 0.717) is 0 Å². The van der Waals surface area contributed by atoms with E-state index in [-0.39, 0.29) is 18.7 Å². The fraction of sp³-hybridized carbons (Fsp3) is 0.381. The third-order valence-corrected chi connectivity index (χ3v) is 4.54. The average Bonchev–Trinajstić information content (AvgIpc) is 2.72. The summed E-state index contributed by atoms with van der Waals surface area (Å²) in [6.07, 6.45) is 0.453. The molecule has 1 atom stereocenters. The summed E-state index contributed by atoms with van der Waals surface area (Å²) in [6, 6.07) is 19.7. The summed E-state index contributed by atoms with van der Waals surface area (Å²) in [4.78, 5) is 14.7. The number of rotatable bonds is 7. The van der Waals surface area contributed by atoms with Gasteiger partial charge >= 0.3 is 6.09 Å². The number of nitrogens with one attached hydrogen (secondary N) is 1. The number of benzene rings is 2. The molecule has 0 bridgehead atoms. The van der Waals surface area contributed by atoms with Gasteiger partial charge in [0.15, 0.2) is 0 Å². The first-order valence-electron chi connectivity index (χ1n) is 9.13. The van der Waals surface area contributed by atoms with Crippen molar-refractivity contribution in [2.24, 2.45) is 0 Å². The van der Waals surface area contributed by atoms with Gasteiger partial charge in [0.1, 0.15) is 6.61 Å². The Kier molecular flexibility index (Phi) is 7.05. The van der Waals surface area contributed by atoms with Crippen LogP contribution in [0.2, 0.25) is 0 Å². The molecule has 1 fully saturated rings. The number of ether oxygens (including phenoxy) is 2. The van der Waals surface area contributed by atoms with E-state index >= 15 is 0 Å². The van der Waals surface area contributed by atoms with Crippen molar-refractivity contribution in [1.29, 1.82) is 0 Å². The van der Waals surface area contributed by atoms with Gasteiger partial charge in [0.25, 0.3) is 0 Å². The summed E-state index contributed by atoms with van der Waals surface area (Å²) >= 11 is 0. The summed E-state index contributed by atoms with van der Waals surface area (Å²) in [6.45, 7) is 4.64. The van der Waals surface area contributed by atoms with Gasteiger partial charge in [-0.25, -0.2) is 4.79 Å². The van der Waals surface area contributed by atoms with E-state index in [1.165, 1.54) is 0 Å². The highest BCUT2D eigenvalue weighted by atomic mass is 16.5. The van der Waals surface area contributed by atoms with E-state index in [1.807, 2.05) is 60.7 Å². The molecule has 0 aromatic heterocycles. The number of alkyl carbamates (subject to hydrolysis) is 1. The number of amides is 1. The first-order valence-corrected chi connectivity index (χ1v) is 9.13. The van der Waals surface area contributed by atoms with Crippen LogP contribution < -0.4 is 5.32 Å². The molecule has 5 heteroatoms. The molecule has 0 aliphatic carbocycles. The minimum atomic E-state index is -0.385. The summed E-state index contributed by atoms with van der Waals surface area (Å²) < 4.78 is 10.8. The molecule has 1 amide bonds. The van der Waals surface area contributed by atoms with Gasteiger partial charge in [-0.15, -0.1) is 0 Å². The van der Waals surface area contributed by atoms with Crippen LogP contribution in [0.5, 0.6) is 0 Å². The topological polar surface area (TPSA) is 50.8 Å². The number of carbonyl (C=O) groups excluding carboxylic acids is 1. The fourth-order valence-electron chi connectivity index (χ4n) is 3.05. The third kappa shape index (κ3) is 5.86. The predicted molar refractivity (Wildman–Crippen MR) is 101 cm³/mol. The zero-order chi connectivity index (χ0) is 18.0. The molecule has 1 aliphatic heterocycles. The van der Waals surface area contributed by atoms with Crippen molar-refractivity contribution < 1.29 is 14.3 Å². The minimum Gasteiger partial charge on any atom is -0.445 e. The van der Waals surface area contributed by atoms with Crippen LogP contribution in [0.3, 0.4) is 0 Å². The quantitative estimate of drug-likeness (QED) is 0.828. The lowest BCUT2D eigenvalue weighted by Crippen LogP contribution is -2.39. The maximum atomic E-state index is 12.3. The van der Waals surface area contributed by atoms with Gasteiger partial charge in [-0.05, 0) is 17.5 Å². The van der Waals surface area contributed by atoms with Crippen molar-refractivity contribution in [2.75, 3.05) is 32.8 Å². The average molecular weight is 354 g/mol. The van der Waals surface area contributed by atoms with Crippen LogP contribution in [0, 0.1) is 0 Å². The summed E-state index contributed by atoms with van der Waals surface area (Å²) in [5.41, 5.74) is 2.07. The number of carbonyl (C=O) groups is 1. The van der Waals surface area contributed by atoms with Crippen LogP contribution in [-0.2, 0) is 16.1 Å². The molecule has 1 saturated heterocycles. The number of hydrogen-bond acceptors (Lipinski definition) is 4. The Morgan fingerprint density at radius 2 is 1.69 bits per heavy atom. The van der Waals surface area contributed by atoms with Crippen molar-refractivity contribution >= 4 is 6.09 Å². The maximum absolute atomic E-state index is 12.3. The lowest BCUT2D eigenvalue weighted by molar-refractivity contribution is 0.0360. The standard InChI is InChI=1S/C21H26N2O3/c24-21(26-17-18-7-3-1-4-8-18)22-20(19-9-5-2-6-10-19)11-12-23-13-15-25-16-14-23/h1-10,20H,11-17H2,(H,22,24). The van der Waals surface area contributed by atoms with Crippen LogP contribution >= 0.6 is 0 Å². The van der Waals surface area contributed by atoms with Crippen LogP contribution in [0.15, 0.2) is 60.7 Å². The van der Waals surface area contributed by atoms with Crippen molar-refractivity contribution in [2.45, 2.75) is 19.1 Å². The predicted octanol–water partition coefficient (Wildman–Crippen LogP) is 3.38. The molecule has 0 radical (unpaired) electrons. The monoisotopic (exact) mass is 354 g/mol. The molecule has 0 spiro atoms. The molecule has 5 nitrogen and oxygen atoms in total. The SMILES string of the molecule is O=C(NC(CCN1CCOCC1)c1ccccc1)OCc1ccccc1. The summed E-state index contributed by atoms with van der Waals surface area (Å²) in [5.74, 6) is 0. The highest BCUT2D eigenvalue weighted by Crippen LogP contribution is 2.18. The van der Waals surface area contributed by atoms with Crippen molar-refractivity contribution in [3.8, 4) is 0 Å². The van der Waals surface area contributed by atoms with Crippen LogP contribution in [0.4, 0.5) is 4.79 Å². The second kappa shape index (κ2) is 9.94. The zero-order valence-electron chi connectivity index (χ0n) is 15.0. The van der Waals surface area contributed by atoms with E-state index in [0.717, 1.165) is 50.4 Å². The van der Waals surface area contributed by atoms with Gasteiger partial charge < -0.3 is 14.8 Å². The molecule has 2 aromatic carbocycles. The third-order valence-electron chi connectivity index (χ3n) is 4.54. The van der Waals surface area contributed by atoms with E-state index in [2.05, 4.69) is 10.2 Å². The van der Waals surface area contributed by atoms with Crippen molar-refractivity contribution in [1.82, 2.24) is 10.2 Å². The van der Waals surface area contributed by atoms with Gasteiger partial charge in [0.2, 0.25) is 0 Å². The van der Waals surface area contributed by atoms with Gasteiger partial charge in [-0.3, -0.25) is 4.90 Å². The molecule has 1 aliphatic rings. The molecule has 1 heterocycles. The summed E-state index contributed by atoms with van der Waals surface area (Å²) in [7, 11) is 0. The molecule has 26 heavy (non-hydrogen) atoms. The normalized spacial score (nSPS) is 16.0. The lowest BCUT2D eigenvalue weighted by atomic mass is 10.0. The Hall–Kier alpha value is -2.37. The molecular weight excluding hydrogens is 328 g/mol. The molecule has 1 unspecified atom stereocenters. The van der Waals surface area contributed by atoms with E-state index < -0.39 is 0 Å². The van der Waals surface area contributed by atoms with E-state index in [4.69, 9.17) is 9.47 Å². The van der Waals surface area contributed by atoms with Gasteiger partial charge in [0.05, 0.1) is 19.3 Å². The van der Waals surface area contributed by atoms with Gasteiger partial charge in [-0.1, -0.05) is 60.7 Å². The molecule has 138 valence electrons. The fourth-order valence-corrected chi connectivity index (χ4v) is 3.05. The molecule has 2 aromatic rings. The summed E-state index contributed by atoms with van der Waals surface area (Å²) in [5, 5.41) is 3.02. The number of hydrogen-bond donors (Lipinski definition) is 1. The second-order valence-electron chi connectivity index (χ2n) is 6.41. The molecule has 3 rings (SSSR count). The Labute approximate surface area is 154 Å². The number of morpholine rings is 1. The van der Waals surface area contributed by atoms with Gasteiger partial charge in [0, 0.05) is 19.6 Å². The van der Waals surface area contributed by atoms with E-state index in [1.54, 1.807) is 0 Å². The minimum absolute atomic E-state index is 0.0673. The van der Waals surface area contributed by atoms with Crippen molar-refractivity contribution in [3.63, 3.8) is 0 Å². The highest BCUT2D eigenvalue weighted by Gasteiger charge is 2.18. The smallest absolute Gasteiger partial charge is 0.407 e. The largest absolute Gasteiger partial charge is 0.445 e. The Bertz CT molecular complexity index is 657. The Balaban J connectivity index is 1.55. The van der Waals surface area contributed by atoms with Crippen LogP contribution in [-0.4, -0.2) is 43.8 Å². The van der Waals surface area contributed by atoms with Crippen molar-refractivity contribution in [3.05, 3.63) is 71.8 Å².